The molecule has 0 amide bonds. The van der Waals surface area contributed by atoms with Crippen LogP contribution >= 0.6 is 0 Å². The van der Waals surface area contributed by atoms with Crippen molar-refractivity contribution in [2.75, 3.05) is 7.11 Å². The van der Waals surface area contributed by atoms with Crippen LogP contribution in [-0.2, 0) is 14.6 Å². The van der Waals surface area contributed by atoms with Gasteiger partial charge in [0, 0.05) is 0 Å². The standard InChI is InChI=1S/C26H21FO5S/c1-16-23(22-12-5-18(27)14-25(22)24(16)15-26(28)29)13-17-3-8-20(9-4-17)33(30,31)21-10-6-19(32-2)7-11-21/h3-14H,15H2,1-2H3,(H,28,29)/b23-13-. The van der Waals surface area contributed by atoms with Crippen LogP contribution in [0.25, 0.3) is 17.2 Å². The largest absolute Gasteiger partial charge is 0.497 e. The highest BCUT2D eigenvalue weighted by Gasteiger charge is 2.25. The number of methoxy groups -OCH3 is 1. The summed E-state index contributed by atoms with van der Waals surface area (Å²) in [6, 6.07) is 16.9. The van der Waals surface area contributed by atoms with Crippen molar-refractivity contribution in [3.8, 4) is 5.75 Å². The van der Waals surface area contributed by atoms with Crippen LogP contribution in [-0.4, -0.2) is 26.6 Å². The number of hydrogen-bond donors (Lipinski definition) is 1. The monoisotopic (exact) mass is 464 g/mol. The fourth-order valence-corrected chi connectivity index (χ4v) is 5.19. The Bertz CT molecular complexity index is 1400. The average molecular weight is 465 g/mol. The number of ether oxygens (including phenoxy) is 1. The van der Waals surface area contributed by atoms with Gasteiger partial charge in [-0.15, -0.1) is 0 Å². The van der Waals surface area contributed by atoms with Gasteiger partial charge in [0.2, 0.25) is 9.84 Å². The molecule has 3 aromatic rings. The average Bonchev–Trinajstić information content (AvgIpc) is 3.04. The lowest BCUT2D eigenvalue weighted by Crippen LogP contribution is -2.01. The van der Waals surface area contributed by atoms with Gasteiger partial charge in [0.05, 0.1) is 23.3 Å². The first-order valence-corrected chi connectivity index (χ1v) is 11.6. The van der Waals surface area contributed by atoms with Gasteiger partial charge in [0.25, 0.3) is 0 Å². The van der Waals surface area contributed by atoms with Crippen LogP contribution in [0.1, 0.15) is 30.0 Å². The number of fused-ring (bicyclic) bond motifs is 1. The van der Waals surface area contributed by atoms with Gasteiger partial charge < -0.3 is 9.84 Å². The van der Waals surface area contributed by atoms with E-state index in [1.165, 1.54) is 43.5 Å². The molecule has 1 aliphatic carbocycles. The van der Waals surface area contributed by atoms with Crippen molar-refractivity contribution >= 4 is 33.0 Å². The molecule has 0 fully saturated rings. The van der Waals surface area contributed by atoms with E-state index in [0.29, 0.717) is 16.9 Å². The lowest BCUT2D eigenvalue weighted by Gasteiger charge is -2.07. The molecule has 0 aromatic heterocycles. The molecule has 168 valence electrons. The summed E-state index contributed by atoms with van der Waals surface area (Å²) in [5.41, 5.74) is 4.17. The molecule has 0 bridgehead atoms. The maximum atomic E-state index is 13.8. The number of allylic oxidation sites excluding steroid dienone is 2. The molecule has 7 heteroatoms. The Morgan fingerprint density at radius 3 is 2.15 bits per heavy atom. The smallest absolute Gasteiger partial charge is 0.307 e. The third-order valence-electron chi connectivity index (χ3n) is 5.65. The molecule has 0 unspecified atom stereocenters. The predicted molar refractivity (Wildman–Crippen MR) is 124 cm³/mol. The fraction of sp³-hybridized carbons (Fsp3) is 0.115. The Balaban J connectivity index is 1.70. The lowest BCUT2D eigenvalue weighted by molar-refractivity contribution is -0.135. The van der Waals surface area contributed by atoms with Crippen molar-refractivity contribution in [2.45, 2.75) is 23.1 Å². The molecule has 4 rings (SSSR count). The zero-order valence-electron chi connectivity index (χ0n) is 18.0. The van der Waals surface area contributed by atoms with Crippen LogP contribution in [0, 0.1) is 5.82 Å². The van der Waals surface area contributed by atoms with Gasteiger partial charge in [-0.25, -0.2) is 12.8 Å². The topological polar surface area (TPSA) is 80.7 Å². The van der Waals surface area contributed by atoms with Crippen LogP contribution in [0.5, 0.6) is 5.75 Å². The summed E-state index contributed by atoms with van der Waals surface area (Å²) in [5, 5.41) is 9.28. The van der Waals surface area contributed by atoms with E-state index in [1.807, 2.05) is 13.0 Å². The summed E-state index contributed by atoms with van der Waals surface area (Å²) in [5.74, 6) is -0.856. The van der Waals surface area contributed by atoms with E-state index >= 15 is 0 Å². The number of sulfone groups is 1. The summed E-state index contributed by atoms with van der Waals surface area (Å²) in [7, 11) is -2.18. The Morgan fingerprint density at radius 1 is 0.970 bits per heavy atom. The Labute approximate surface area is 191 Å². The molecule has 3 aromatic carbocycles. The van der Waals surface area contributed by atoms with Crippen LogP contribution in [0.15, 0.2) is 82.1 Å². The third kappa shape index (κ3) is 4.32. The molecule has 0 heterocycles. The number of carboxylic acids is 1. The summed E-state index contributed by atoms with van der Waals surface area (Å²) >= 11 is 0. The molecule has 1 aliphatic rings. The molecule has 0 atom stereocenters. The van der Waals surface area contributed by atoms with Crippen molar-refractivity contribution in [3.05, 3.63) is 94.8 Å². The van der Waals surface area contributed by atoms with Crippen molar-refractivity contribution in [1.82, 2.24) is 0 Å². The second-order valence-corrected chi connectivity index (χ2v) is 9.62. The molecular weight excluding hydrogens is 443 g/mol. The van der Waals surface area contributed by atoms with Crippen molar-refractivity contribution in [2.24, 2.45) is 0 Å². The van der Waals surface area contributed by atoms with Crippen molar-refractivity contribution in [3.63, 3.8) is 0 Å². The van der Waals surface area contributed by atoms with Gasteiger partial charge in [-0.05, 0) is 94.9 Å². The van der Waals surface area contributed by atoms with Crippen LogP contribution in [0.3, 0.4) is 0 Å². The second-order valence-electron chi connectivity index (χ2n) is 7.67. The Hall–Kier alpha value is -3.71. The molecule has 1 N–H and O–H groups in total. The molecule has 33 heavy (non-hydrogen) atoms. The van der Waals surface area contributed by atoms with E-state index in [4.69, 9.17) is 4.74 Å². The number of rotatable bonds is 6. The number of hydrogen-bond acceptors (Lipinski definition) is 4. The second kappa shape index (κ2) is 8.67. The van der Waals surface area contributed by atoms with E-state index in [9.17, 15) is 22.7 Å². The van der Waals surface area contributed by atoms with Gasteiger partial charge in [-0.3, -0.25) is 4.79 Å². The summed E-state index contributed by atoms with van der Waals surface area (Å²) in [4.78, 5) is 11.7. The molecule has 0 aliphatic heterocycles. The highest BCUT2D eigenvalue weighted by Crippen LogP contribution is 2.43. The van der Waals surface area contributed by atoms with Crippen LogP contribution in [0.4, 0.5) is 4.39 Å². The van der Waals surface area contributed by atoms with Gasteiger partial charge >= 0.3 is 5.97 Å². The minimum absolute atomic E-state index is 0.155. The van der Waals surface area contributed by atoms with E-state index in [2.05, 4.69) is 0 Å². The lowest BCUT2D eigenvalue weighted by atomic mass is 10.0. The van der Waals surface area contributed by atoms with Gasteiger partial charge in [-0.1, -0.05) is 18.2 Å². The van der Waals surface area contributed by atoms with Crippen LogP contribution < -0.4 is 4.74 Å². The minimum Gasteiger partial charge on any atom is -0.497 e. The first-order valence-electron chi connectivity index (χ1n) is 10.1. The maximum absolute atomic E-state index is 13.8. The Kier molecular flexibility index (Phi) is 5.91. The zero-order valence-corrected chi connectivity index (χ0v) is 18.8. The Morgan fingerprint density at radius 2 is 1.58 bits per heavy atom. The highest BCUT2D eigenvalue weighted by molar-refractivity contribution is 7.91. The van der Waals surface area contributed by atoms with Crippen molar-refractivity contribution in [1.29, 1.82) is 0 Å². The summed E-state index contributed by atoms with van der Waals surface area (Å²) in [6.45, 7) is 1.81. The first-order chi connectivity index (χ1) is 15.7. The SMILES string of the molecule is COc1ccc(S(=O)(=O)c2ccc(/C=C3/C(C)=C(CC(=O)O)c4cc(F)ccc43)cc2)cc1. The highest BCUT2D eigenvalue weighted by atomic mass is 32.2. The van der Waals surface area contributed by atoms with Crippen LogP contribution in [0.2, 0.25) is 0 Å². The van der Waals surface area contributed by atoms with Gasteiger partial charge in [0.1, 0.15) is 11.6 Å². The van der Waals surface area contributed by atoms with Gasteiger partial charge in [0.15, 0.2) is 0 Å². The van der Waals surface area contributed by atoms with E-state index < -0.39 is 21.6 Å². The summed E-state index contributed by atoms with van der Waals surface area (Å²) in [6.07, 6.45) is 1.64. The maximum Gasteiger partial charge on any atom is 0.307 e. The van der Waals surface area contributed by atoms with Crippen molar-refractivity contribution < 1.29 is 27.4 Å². The quantitative estimate of drug-likeness (QED) is 0.523. The van der Waals surface area contributed by atoms with E-state index in [0.717, 1.165) is 22.3 Å². The molecular formula is C26H21FO5S. The van der Waals surface area contributed by atoms with E-state index in [-0.39, 0.29) is 16.2 Å². The molecule has 0 radical (unpaired) electrons. The fourth-order valence-electron chi connectivity index (χ4n) is 3.93. The number of aliphatic carboxylic acids is 1. The number of halogens is 1. The first kappa shape index (κ1) is 22.5. The normalized spacial score (nSPS) is 14.5. The third-order valence-corrected chi connectivity index (χ3v) is 7.44. The van der Waals surface area contributed by atoms with E-state index in [1.54, 1.807) is 30.3 Å². The zero-order chi connectivity index (χ0) is 23.8. The number of carboxylic acid groups (broad SMARTS) is 1. The number of carbonyl (C=O) groups is 1. The molecule has 0 spiro atoms. The predicted octanol–water partition coefficient (Wildman–Crippen LogP) is 5.47. The van der Waals surface area contributed by atoms with Gasteiger partial charge in [-0.2, -0.15) is 0 Å². The number of benzene rings is 3. The minimum atomic E-state index is -3.69. The molecule has 5 nitrogen and oxygen atoms in total. The molecule has 0 saturated heterocycles. The molecule has 0 saturated carbocycles. The summed E-state index contributed by atoms with van der Waals surface area (Å²) < 4.78 is 44.8.